The van der Waals surface area contributed by atoms with Crippen LogP contribution in [-0.2, 0) is 4.74 Å². The second kappa shape index (κ2) is 6.50. The van der Waals surface area contributed by atoms with Crippen LogP contribution in [0.3, 0.4) is 0 Å². The van der Waals surface area contributed by atoms with Crippen LogP contribution in [0, 0.1) is 0 Å². The number of nitrogen functional groups attached to an aromatic ring is 1. The topological polar surface area (TPSA) is 44.5 Å². The molecule has 0 unspecified atom stereocenters. The van der Waals surface area contributed by atoms with Crippen molar-refractivity contribution in [3.63, 3.8) is 0 Å². The van der Waals surface area contributed by atoms with Crippen molar-refractivity contribution < 1.29 is 9.47 Å². The maximum absolute atomic E-state index is 5.77. The van der Waals surface area contributed by atoms with E-state index in [1.807, 2.05) is 24.3 Å². The van der Waals surface area contributed by atoms with Gasteiger partial charge >= 0.3 is 0 Å². The lowest BCUT2D eigenvalue weighted by Gasteiger charge is -2.23. The maximum Gasteiger partial charge on any atom is 0.142 e. The third-order valence-corrected chi connectivity index (χ3v) is 2.81. The number of para-hydroxylation sites is 2. The Kier molecular flexibility index (Phi) is 5.29. The van der Waals surface area contributed by atoms with E-state index >= 15 is 0 Å². The predicted octanol–water partition coefficient (Wildman–Crippen LogP) is 3.24. The highest BCUT2D eigenvalue weighted by atomic mass is 16.5. The van der Waals surface area contributed by atoms with Gasteiger partial charge < -0.3 is 15.2 Å². The van der Waals surface area contributed by atoms with Crippen LogP contribution in [0.4, 0.5) is 5.69 Å². The average molecular weight is 237 g/mol. The first kappa shape index (κ1) is 13.8. The summed E-state index contributed by atoms with van der Waals surface area (Å²) >= 11 is 0. The summed E-state index contributed by atoms with van der Waals surface area (Å²) in [6.07, 6.45) is 1.89. The minimum absolute atomic E-state index is 0.0359. The molecular weight excluding hydrogens is 214 g/mol. The molecule has 0 heterocycles. The zero-order valence-corrected chi connectivity index (χ0v) is 11.0. The molecule has 0 fully saturated rings. The summed E-state index contributed by atoms with van der Waals surface area (Å²) < 4.78 is 11.3. The molecule has 3 heteroatoms. The van der Waals surface area contributed by atoms with Gasteiger partial charge in [0.1, 0.15) is 5.75 Å². The molecule has 0 aliphatic carbocycles. The van der Waals surface area contributed by atoms with Crippen LogP contribution >= 0.6 is 0 Å². The molecule has 0 saturated heterocycles. The highest BCUT2D eigenvalue weighted by Gasteiger charge is 2.14. The van der Waals surface area contributed by atoms with Gasteiger partial charge in [-0.3, -0.25) is 0 Å². The Morgan fingerprint density at radius 2 is 1.88 bits per heavy atom. The Balaban J connectivity index is 2.19. The van der Waals surface area contributed by atoms with E-state index in [4.69, 9.17) is 15.2 Å². The van der Waals surface area contributed by atoms with Crippen LogP contribution in [-0.4, -0.2) is 18.8 Å². The highest BCUT2D eigenvalue weighted by Crippen LogP contribution is 2.20. The van der Waals surface area contributed by atoms with E-state index in [9.17, 15) is 0 Å². The quantitative estimate of drug-likeness (QED) is 0.585. The maximum atomic E-state index is 5.77. The van der Waals surface area contributed by atoms with Crippen LogP contribution < -0.4 is 10.5 Å². The molecule has 0 aliphatic rings. The normalized spacial score (nSPS) is 11.5. The van der Waals surface area contributed by atoms with Crippen LogP contribution in [0.15, 0.2) is 24.3 Å². The van der Waals surface area contributed by atoms with E-state index < -0.39 is 0 Å². The summed E-state index contributed by atoms with van der Waals surface area (Å²) in [7, 11) is 0. The first-order valence-electron chi connectivity index (χ1n) is 6.16. The molecule has 96 valence electrons. The molecule has 0 aromatic heterocycles. The zero-order chi connectivity index (χ0) is 12.7. The monoisotopic (exact) mass is 237 g/mol. The van der Waals surface area contributed by atoms with Crippen molar-refractivity contribution in [3.8, 4) is 5.75 Å². The van der Waals surface area contributed by atoms with E-state index in [0.717, 1.165) is 18.6 Å². The molecule has 17 heavy (non-hydrogen) atoms. The largest absolute Gasteiger partial charge is 0.491 e. The number of nitrogens with two attached hydrogens (primary N) is 1. The Morgan fingerprint density at radius 1 is 1.18 bits per heavy atom. The number of anilines is 1. The standard InChI is InChI=1S/C14H23NO2/c1-4-14(2,3)17-11-7-10-16-13-9-6-5-8-12(13)15/h5-6,8-9H,4,7,10-11,15H2,1-3H3. The van der Waals surface area contributed by atoms with Gasteiger partial charge in [0.15, 0.2) is 0 Å². The van der Waals surface area contributed by atoms with Gasteiger partial charge in [0.25, 0.3) is 0 Å². The molecular formula is C14H23NO2. The molecule has 0 saturated carbocycles. The summed E-state index contributed by atoms with van der Waals surface area (Å²) in [6, 6.07) is 7.54. The van der Waals surface area contributed by atoms with E-state index in [-0.39, 0.29) is 5.60 Å². The molecule has 0 spiro atoms. The Hall–Kier alpha value is -1.22. The second-order valence-corrected chi connectivity index (χ2v) is 4.70. The summed E-state index contributed by atoms with van der Waals surface area (Å²) in [5.41, 5.74) is 6.42. The van der Waals surface area contributed by atoms with Gasteiger partial charge in [-0.15, -0.1) is 0 Å². The lowest BCUT2D eigenvalue weighted by Crippen LogP contribution is -2.24. The SMILES string of the molecule is CCC(C)(C)OCCCOc1ccccc1N. The molecule has 0 aliphatic heterocycles. The van der Waals surface area contributed by atoms with Crippen LogP contribution in [0.25, 0.3) is 0 Å². The van der Waals surface area contributed by atoms with Crippen molar-refractivity contribution in [2.24, 2.45) is 0 Å². The van der Waals surface area contributed by atoms with Gasteiger partial charge in [-0.25, -0.2) is 0 Å². The van der Waals surface area contributed by atoms with Gasteiger partial charge in [0.05, 0.1) is 24.5 Å². The molecule has 1 rings (SSSR count). The molecule has 3 nitrogen and oxygen atoms in total. The molecule has 0 amide bonds. The van der Waals surface area contributed by atoms with Crippen molar-refractivity contribution in [2.75, 3.05) is 18.9 Å². The van der Waals surface area contributed by atoms with Gasteiger partial charge in [-0.1, -0.05) is 19.1 Å². The van der Waals surface area contributed by atoms with Crippen LogP contribution in [0.1, 0.15) is 33.6 Å². The van der Waals surface area contributed by atoms with Gasteiger partial charge in [0, 0.05) is 6.42 Å². The number of rotatable bonds is 7. The summed E-state index contributed by atoms with van der Waals surface area (Å²) in [5.74, 6) is 0.752. The fourth-order valence-electron chi connectivity index (χ4n) is 1.30. The van der Waals surface area contributed by atoms with Crippen molar-refractivity contribution >= 4 is 5.69 Å². The smallest absolute Gasteiger partial charge is 0.142 e. The van der Waals surface area contributed by atoms with E-state index in [0.29, 0.717) is 18.9 Å². The van der Waals surface area contributed by atoms with Crippen molar-refractivity contribution in [2.45, 2.75) is 39.2 Å². The number of benzene rings is 1. The summed E-state index contributed by atoms with van der Waals surface area (Å²) in [5, 5.41) is 0. The Labute approximate surface area is 104 Å². The first-order valence-corrected chi connectivity index (χ1v) is 6.16. The van der Waals surface area contributed by atoms with E-state index in [1.165, 1.54) is 0 Å². The predicted molar refractivity (Wildman–Crippen MR) is 71.3 cm³/mol. The molecule has 1 aromatic rings. The molecule has 0 atom stereocenters. The molecule has 2 N–H and O–H groups in total. The number of ether oxygens (including phenoxy) is 2. The molecule has 0 radical (unpaired) electrons. The average Bonchev–Trinajstić information content (AvgIpc) is 2.31. The number of hydrogen-bond donors (Lipinski definition) is 1. The summed E-state index contributed by atoms with van der Waals surface area (Å²) in [4.78, 5) is 0. The van der Waals surface area contributed by atoms with Crippen molar-refractivity contribution in [1.29, 1.82) is 0 Å². The van der Waals surface area contributed by atoms with E-state index in [1.54, 1.807) is 0 Å². The molecule has 0 bridgehead atoms. The lowest BCUT2D eigenvalue weighted by atomic mass is 10.1. The van der Waals surface area contributed by atoms with Gasteiger partial charge in [-0.2, -0.15) is 0 Å². The fraction of sp³-hybridized carbons (Fsp3) is 0.571. The highest BCUT2D eigenvalue weighted by molar-refractivity contribution is 5.51. The fourth-order valence-corrected chi connectivity index (χ4v) is 1.30. The summed E-state index contributed by atoms with van der Waals surface area (Å²) in [6.45, 7) is 7.68. The van der Waals surface area contributed by atoms with Crippen LogP contribution in [0.5, 0.6) is 5.75 Å². The van der Waals surface area contributed by atoms with Gasteiger partial charge in [-0.05, 0) is 32.4 Å². The lowest BCUT2D eigenvalue weighted by molar-refractivity contribution is -0.0241. The zero-order valence-electron chi connectivity index (χ0n) is 11.0. The Morgan fingerprint density at radius 3 is 2.53 bits per heavy atom. The van der Waals surface area contributed by atoms with Crippen molar-refractivity contribution in [3.05, 3.63) is 24.3 Å². The Bertz CT molecular complexity index is 337. The van der Waals surface area contributed by atoms with Crippen LogP contribution in [0.2, 0.25) is 0 Å². The second-order valence-electron chi connectivity index (χ2n) is 4.70. The number of hydrogen-bond acceptors (Lipinski definition) is 3. The van der Waals surface area contributed by atoms with Crippen molar-refractivity contribution in [1.82, 2.24) is 0 Å². The van der Waals surface area contributed by atoms with Gasteiger partial charge in [0.2, 0.25) is 0 Å². The molecule has 1 aromatic carbocycles. The first-order chi connectivity index (χ1) is 8.05. The third kappa shape index (κ3) is 5.09. The minimum atomic E-state index is -0.0359. The third-order valence-electron chi connectivity index (χ3n) is 2.81. The van der Waals surface area contributed by atoms with E-state index in [2.05, 4.69) is 20.8 Å². The minimum Gasteiger partial charge on any atom is -0.491 e.